The Morgan fingerprint density at radius 2 is 1.38 bits per heavy atom. The lowest BCUT2D eigenvalue weighted by Gasteiger charge is -2.40. The summed E-state index contributed by atoms with van der Waals surface area (Å²) in [5.41, 5.74) is 8.64. The van der Waals surface area contributed by atoms with Gasteiger partial charge in [0.15, 0.2) is 5.60 Å². The topological polar surface area (TPSA) is 42.0 Å². The molecule has 5 nitrogen and oxygen atoms in total. The van der Waals surface area contributed by atoms with E-state index < -0.39 is 5.60 Å². The number of hydrogen-bond donors (Lipinski definition) is 0. The van der Waals surface area contributed by atoms with Gasteiger partial charge in [0.05, 0.1) is 0 Å². The molecule has 0 saturated carbocycles. The third kappa shape index (κ3) is 5.38. The quantitative estimate of drug-likeness (QED) is 0.154. The van der Waals surface area contributed by atoms with Gasteiger partial charge in [-0.1, -0.05) is 72.3 Å². The molecule has 0 fully saturated rings. The minimum Gasteiger partial charge on any atom is -0.456 e. The van der Waals surface area contributed by atoms with E-state index in [0.717, 1.165) is 70.1 Å². The zero-order valence-corrected chi connectivity index (χ0v) is 27.0. The number of nitrogens with zero attached hydrogens (tertiary/aromatic N) is 2. The zero-order valence-electron chi connectivity index (χ0n) is 27.0. The van der Waals surface area contributed by atoms with Crippen molar-refractivity contribution in [2.24, 2.45) is 0 Å². The van der Waals surface area contributed by atoms with Gasteiger partial charge in [-0.15, -0.1) is 0 Å². The fraction of sp³-hybridized carbons (Fsp3) is 0.167. The van der Waals surface area contributed by atoms with Gasteiger partial charge in [-0.3, -0.25) is 4.79 Å². The molecular formula is C42H38N2O3. The molecule has 0 aromatic heterocycles. The van der Waals surface area contributed by atoms with Crippen molar-refractivity contribution in [1.82, 2.24) is 0 Å². The number of fused-ring (bicyclic) bond motifs is 2. The molecule has 0 bridgehead atoms. The van der Waals surface area contributed by atoms with Crippen LogP contribution in [0.4, 0.5) is 22.7 Å². The van der Waals surface area contributed by atoms with E-state index in [1.165, 1.54) is 5.56 Å². The maximum atomic E-state index is 12.5. The molecule has 2 aliphatic rings. The zero-order chi connectivity index (χ0) is 32.4. The van der Waals surface area contributed by atoms with E-state index in [4.69, 9.17) is 9.47 Å². The minimum absolute atomic E-state index is 0.561. The normalized spacial score (nSPS) is 16.3. The lowest BCUT2D eigenvalue weighted by Crippen LogP contribution is -2.36. The van der Waals surface area contributed by atoms with Gasteiger partial charge in [0.25, 0.3) is 6.47 Å². The first kappa shape index (κ1) is 30.1. The maximum Gasteiger partial charge on any atom is 0.294 e. The number of hydrogen-bond acceptors (Lipinski definition) is 5. The van der Waals surface area contributed by atoms with Crippen LogP contribution in [-0.2, 0) is 15.1 Å². The predicted molar refractivity (Wildman–Crippen MR) is 190 cm³/mol. The molecule has 0 saturated heterocycles. The van der Waals surface area contributed by atoms with Crippen molar-refractivity contribution in [2.75, 3.05) is 16.3 Å². The van der Waals surface area contributed by atoms with E-state index in [-0.39, 0.29) is 0 Å². The van der Waals surface area contributed by atoms with Gasteiger partial charge in [-0.25, -0.2) is 0 Å². The number of ether oxygens (including phenoxy) is 2. The summed E-state index contributed by atoms with van der Waals surface area (Å²) in [4.78, 5) is 17.0. The Morgan fingerprint density at radius 3 is 2.04 bits per heavy atom. The summed E-state index contributed by atoms with van der Waals surface area (Å²) in [5, 5.41) is 0. The summed E-state index contributed by atoms with van der Waals surface area (Å²) in [6, 6.07) is 39.4. The van der Waals surface area contributed by atoms with E-state index in [0.29, 0.717) is 18.0 Å². The average molecular weight is 619 g/mol. The van der Waals surface area contributed by atoms with Crippen LogP contribution in [0.2, 0.25) is 0 Å². The third-order valence-electron chi connectivity index (χ3n) is 9.14. The van der Waals surface area contributed by atoms with Crippen LogP contribution in [0.25, 0.3) is 0 Å². The number of rotatable bonds is 9. The monoisotopic (exact) mass is 618 g/mol. The van der Waals surface area contributed by atoms with Crippen LogP contribution in [0.15, 0.2) is 139 Å². The second-order valence-corrected chi connectivity index (χ2v) is 12.0. The molecule has 5 heteroatoms. The number of anilines is 4. The fourth-order valence-electron chi connectivity index (χ4n) is 6.89. The molecule has 5 aromatic carbocycles. The second kappa shape index (κ2) is 12.7. The highest BCUT2D eigenvalue weighted by Gasteiger charge is 2.47. The lowest BCUT2D eigenvalue weighted by molar-refractivity contribution is -0.137. The molecule has 234 valence electrons. The van der Waals surface area contributed by atoms with Crippen molar-refractivity contribution in [1.29, 1.82) is 0 Å². The van der Waals surface area contributed by atoms with Crippen LogP contribution in [0, 0.1) is 13.8 Å². The molecule has 0 spiro atoms. The Labute approximate surface area is 277 Å². The van der Waals surface area contributed by atoms with Crippen LogP contribution in [-0.4, -0.2) is 13.0 Å². The minimum atomic E-state index is -1.21. The highest BCUT2D eigenvalue weighted by molar-refractivity contribution is 5.76. The lowest BCUT2D eigenvalue weighted by atomic mass is 9.76. The largest absolute Gasteiger partial charge is 0.456 e. The average Bonchev–Trinajstić information content (AvgIpc) is 3.10. The van der Waals surface area contributed by atoms with Crippen LogP contribution < -0.4 is 14.5 Å². The van der Waals surface area contributed by atoms with Gasteiger partial charge in [-0.2, -0.15) is 0 Å². The molecule has 5 aromatic rings. The Hall–Kier alpha value is -5.55. The van der Waals surface area contributed by atoms with Crippen LogP contribution >= 0.6 is 0 Å². The first-order chi connectivity index (χ1) is 23.0. The molecule has 47 heavy (non-hydrogen) atoms. The summed E-state index contributed by atoms with van der Waals surface area (Å²) in [6.07, 6.45) is 8.66. The highest BCUT2D eigenvalue weighted by Crippen LogP contribution is 2.55. The van der Waals surface area contributed by atoms with Gasteiger partial charge >= 0.3 is 0 Å². The molecule has 1 aliphatic carbocycles. The third-order valence-corrected chi connectivity index (χ3v) is 9.14. The van der Waals surface area contributed by atoms with Crippen LogP contribution in [0.3, 0.4) is 0 Å². The van der Waals surface area contributed by atoms with Crippen molar-refractivity contribution in [2.45, 2.75) is 39.2 Å². The van der Waals surface area contributed by atoms with Crippen molar-refractivity contribution in [3.63, 3.8) is 0 Å². The smallest absolute Gasteiger partial charge is 0.294 e. The van der Waals surface area contributed by atoms with E-state index in [1.54, 1.807) is 0 Å². The summed E-state index contributed by atoms with van der Waals surface area (Å²) in [7, 11) is 0. The second-order valence-electron chi connectivity index (χ2n) is 12.0. The first-order valence-corrected chi connectivity index (χ1v) is 16.2. The molecule has 1 aliphatic heterocycles. The molecular weight excluding hydrogens is 580 g/mol. The summed E-state index contributed by atoms with van der Waals surface area (Å²) in [5.74, 6) is 1.28. The van der Waals surface area contributed by atoms with Gasteiger partial charge in [-0.05, 0) is 93.8 Å². The Morgan fingerprint density at radius 1 is 0.723 bits per heavy atom. The summed E-state index contributed by atoms with van der Waals surface area (Å²) >= 11 is 0. The number of para-hydroxylation sites is 1. The number of benzene rings is 5. The van der Waals surface area contributed by atoms with Crippen LogP contribution in [0.5, 0.6) is 11.5 Å². The van der Waals surface area contributed by atoms with Gasteiger partial charge < -0.3 is 19.3 Å². The molecule has 0 amide bonds. The van der Waals surface area contributed by atoms with E-state index in [1.807, 2.05) is 36.4 Å². The molecule has 0 N–H and O–H groups in total. The van der Waals surface area contributed by atoms with Crippen molar-refractivity contribution in [3.8, 4) is 11.5 Å². The molecule has 1 unspecified atom stereocenters. The number of carbonyl (C=O) groups is 1. The summed E-state index contributed by atoms with van der Waals surface area (Å²) < 4.78 is 13.2. The van der Waals surface area contributed by atoms with Crippen LogP contribution in [0.1, 0.15) is 47.6 Å². The molecule has 1 heterocycles. The van der Waals surface area contributed by atoms with Gasteiger partial charge in [0.1, 0.15) is 11.5 Å². The van der Waals surface area contributed by atoms with Gasteiger partial charge in [0.2, 0.25) is 0 Å². The van der Waals surface area contributed by atoms with Crippen molar-refractivity contribution < 1.29 is 14.3 Å². The molecule has 1 atom stereocenters. The van der Waals surface area contributed by atoms with E-state index in [9.17, 15) is 4.79 Å². The Kier molecular flexibility index (Phi) is 8.13. The first-order valence-electron chi connectivity index (χ1n) is 16.2. The number of allylic oxidation sites excluding steroid dienone is 3. The van der Waals surface area contributed by atoms with E-state index >= 15 is 0 Å². The predicted octanol–water partition coefficient (Wildman–Crippen LogP) is 10.4. The Bertz CT molecular complexity index is 1980. The standard InChI is InChI=1S/C42H38N2O3/c1-4-43(32-21-19-30(2)20-22-32)35-23-25-38-40(27-35)47-41-28-36(44(33-14-7-5-8-15-33)34-16-9-6-10-17-34)24-26-39(41)42(38,46-29-45)37-18-12-11-13-31(37)3/h5,7-9,11-29H,4,6,10H2,1-3H3. The van der Waals surface area contributed by atoms with Crippen molar-refractivity contribution >= 4 is 29.2 Å². The number of aryl methyl sites for hydroxylation is 2. The highest BCUT2D eigenvalue weighted by atomic mass is 16.5. The Balaban J connectivity index is 1.44. The maximum absolute atomic E-state index is 12.5. The molecule has 7 rings (SSSR count). The van der Waals surface area contributed by atoms with Crippen molar-refractivity contribution in [3.05, 3.63) is 167 Å². The summed E-state index contributed by atoms with van der Waals surface area (Å²) in [6.45, 7) is 7.62. The molecule has 0 radical (unpaired) electrons. The number of carbonyl (C=O) groups excluding carboxylic acids is 1. The SMILES string of the molecule is CCN(c1ccc(C)cc1)c1ccc2c(c1)Oc1cc(N(C3=CCCC=C3)c3ccccc3)ccc1C2(OC=O)c1ccccc1C. The van der Waals surface area contributed by atoms with E-state index in [2.05, 4.69) is 128 Å². The fourth-order valence-corrected chi connectivity index (χ4v) is 6.89. The van der Waals surface area contributed by atoms with Gasteiger partial charge in [0, 0.05) is 63.8 Å².